The van der Waals surface area contributed by atoms with Gasteiger partial charge >= 0.3 is 6.03 Å². The van der Waals surface area contributed by atoms with Crippen molar-refractivity contribution in [1.82, 2.24) is 15.5 Å². The van der Waals surface area contributed by atoms with Gasteiger partial charge in [-0.2, -0.15) is 4.98 Å². The van der Waals surface area contributed by atoms with Crippen molar-refractivity contribution in [3.8, 4) is 17.1 Å². The molecule has 1 aliphatic rings. The summed E-state index contributed by atoms with van der Waals surface area (Å²) in [6.45, 7) is 8.58. The minimum absolute atomic E-state index is 0.231. The molecule has 37 heavy (non-hydrogen) atoms. The summed E-state index contributed by atoms with van der Waals surface area (Å²) in [6.07, 6.45) is 0.961. The van der Waals surface area contributed by atoms with E-state index in [0.717, 1.165) is 40.1 Å². The SMILES string of the molecule is CCOc1ccc(N2C(=O)NC(c3ccc(C)cc3)C(c3nc(-c4ccc(CC)cc4)no3)=C2C)cc1. The van der Waals surface area contributed by atoms with Crippen molar-refractivity contribution in [3.05, 3.63) is 101 Å². The highest BCUT2D eigenvalue weighted by atomic mass is 16.5. The maximum Gasteiger partial charge on any atom is 0.326 e. The van der Waals surface area contributed by atoms with Crippen LogP contribution in [0.5, 0.6) is 5.75 Å². The predicted molar refractivity (Wildman–Crippen MR) is 144 cm³/mol. The van der Waals surface area contributed by atoms with Crippen LogP contribution >= 0.6 is 0 Å². The summed E-state index contributed by atoms with van der Waals surface area (Å²) in [4.78, 5) is 19.8. The highest BCUT2D eigenvalue weighted by Crippen LogP contribution is 2.39. The molecule has 1 N–H and O–H groups in total. The van der Waals surface area contributed by atoms with E-state index in [1.54, 1.807) is 4.90 Å². The highest BCUT2D eigenvalue weighted by molar-refractivity contribution is 6.01. The molecule has 1 aliphatic heterocycles. The van der Waals surface area contributed by atoms with Gasteiger partial charge in [-0.15, -0.1) is 0 Å². The molecule has 3 aromatic carbocycles. The summed E-state index contributed by atoms with van der Waals surface area (Å²) in [6, 6.07) is 23.0. The van der Waals surface area contributed by atoms with E-state index >= 15 is 0 Å². The Kier molecular flexibility index (Phi) is 6.77. The van der Waals surface area contributed by atoms with E-state index in [9.17, 15) is 4.79 Å². The lowest BCUT2D eigenvalue weighted by molar-refractivity contribution is 0.244. The first-order chi connectivity index (χ1) is 18.0. The number of nitrogens with zero attached hydrogens (tertiary/aromatic N) is 3. The zero-order chi connectivity index (χ0) is 25.9. The minimum Gasteiger partial charge on any atom is -0.494 e. The topological polar surface area (TPSA) is 80.5 Å². The number of rotatable bonds is 7. The smallest absolute Gasteiger partial charge is 0.326 e. The summed E-state index contributed by atoms with van der Waals surface area (Å²) in [5.74, 6) is 1.62. The Hall–Kier alpha value is -4.39. The summed E-state index contributed by atoms with van der Waals surface area (Å²) >= 11 is 0. The Bertz CT molecular complexity index is 1420. The van der Waals surface area contributed by atoms with Crippen LogP contribution in [0.2, 0.25) is 0 Å². The third kappa shape index (κ3) is 4.85. The van der Waals surface area contributed by atoms with Gasteiger partial charge in [-0.1, -0.05) is 66.2 Å². The number of hydrogen-bond acceptors (Lipinski definition) is 5. The molecule has 7 heteroatoms. The zero-order valence-electron chi connectivity index (χ0n) is 21.5. The number of aryl methyl sites for hydroxylation is 2. The summed E-state index contributed by atoms with van der Waals surface area (Å²) in [5, 5.41) is 7.43. The number of carbonyl (C=O) groups is 1. The van der Waals surface area contributed by atoms with Crippen molar-refractivity contribution < 1.29 is 14.1 Å². The molecule has 4 aromatic rings. The normalized spacial score (nSPS) is 15.6. The monoisotopic (exact) mass is 494 g/mol. The lowest BCUT2D eigenvalue weighted by Gasteiger charge is -2.35. The Morgan fingerprint density at radius 1 is 0.946 bits per heavy atom. The first kappa shape index (κ1) is 24.3. The highest BCUT2D eigenvalue weighted by Gasteiger charge is 2.36. The number of urea groups is 1. The zero-order valence-corrected chi connectivity index (χ0v) is 21.5. The van der Waals surface area contributed by atoms with Crippen LogP contribution in [0.1, 0.15) is 49.4 Å². The molecule has 2 heterocycles. The number of nitrogens with one attached hydrogen (secondary N) is 1. The van der Waals surface area contributed by atoms with E-state index in [2.05, 4.69) is 29.5 Å². The first-order valence-corrected chi connectivity index (χ1v) is 12.5. The molecule has 1 atom stereocenters. The number of amides is 2. The maximum atomic E-state index is 13.4. The maximum absolute atomic E-state index is 13.4. The van der Waals surface area contributed by atoms with Gasteiger partial charge in [-0.3, -0.25) is 4.90 Å². The van der Waals surface area contributed by atoms with Gasteiger partial charge in [-0.25, -0.2) is 4.79 Å². The second kappa shape index (κ2) is 10.3. The average Bonchev–Trinajstić information content (AvgIpc) is 3.40. The van der Waals surface area contributed by atoms with E-state index in [1.807, 2.05) is 81.4 Å². The van der Waals surface area contributed by atoms with Crippen molar-refractivity contribution in [3.63, 3.8) is 0 Å². The number of carbonyl (C=O) groups excluding carboxylic acids is 1. The van der Waals surface area contributed by atoms with E-state index in [0.29, 0.717) is 24.0 Å². The van der Waals surface area contributed by atoms with Crippen molar-refractivity contribution in [2.24, 2.45) is 0 Å². The molecule has 0 saturated heterocycles. The van der Waals surface area contributed by atoms with Crippen LogP contribution in [0.4, 0.5) is 10.5 Å². The second-order valence-electron chi connectivity index (χ2n) is 9.03. The quantitative estimate of drug-likeness (QED) is 0.309. The molecular weight excluding hydrogens is 464 g/mol. The molecule has 7 nitrogen and oxygen atoms in total. The fourth-order valence-corrected chi connectivity index (χ4v) is 4.54. The molecule has 5 rings (SSSR count). The summed E-state index contributed by atoms with van der Waals surface area (Å²) in [7, 11) is 0. The van der Waals surface area contributed by atoms with Crippen LogP contribution in [0.15, 0.2) is 83.0 Å². The molecule has 0 aliphatic carbocycles. The van der Waals surface area contributed by atoms with Crippen LogP contribution < -0.4 is 15.0 Å². The number of anilines is 1. The molecule has 1 aromatic heterocycles. The van der Waals surface area contributed by atoms with E-state index < -0.39 is 6.04 Å². The lowest BCUT2D eigenvalue weighted by Crippen LogP contribution is -2.46. The first-order valence-electron chi connectivity index (χ1n) is 12.5. The molecule has 0 saturated carbocycles. The van der Waals surface area contributed by atoms with Gasteiger partial charge in [0.15, 0.2) is 0 Å². The largest absolute Gasteiger partial charge is 0.494 e. The van der Waals surface area contributed by atoms with Gasteiger partial charge in [0.2, 0.25) is 5.82 Å². The van der Waals surface area contributed by atoms with Crippen LogP contribution in [-0.2, 0) is 6.42 Å². The van der Waals surface area contributed by atoms with Crippen molar-refractivity contribution >= 4 is 17.3 Å². The lowest BCUT2D eigenvalue weighted by atomic mass is 9.94. The molecule has 1 unspecified atom stereocenters. The van der Waals surface area contributed by atoms with E-state index in [-0.39, 0.29) is 6.03 Å². The number of allylic oxidation sites excluding steroid dienone is 1. The Morgan fingerprint density at radius 3 is 2.30 bits per heavy atom. The van der Waals surface area contributed by atoms with Crippen LogP contribution in [-0.4, -0.2) is 22.8 Å². The van der Waals surface area contributed by atoms with Crippen LogP contribution in [0.25, 0.3) is 17.0 Å². The third-order valence-corrected chi connectivity index (χ3v) is 6.58. The van der Waals surface area contributed by atoms with Crippen LogP contribution in [0, 0.1) is 6.92 Å². The van der Waals surface area contributed by atoms with Gasteiger partial charge in [0, 0.05) is 11.3 Å². The fraction of sp³-hybridized carbons (Fsp3) is 0.233. The number of aromatic nitrogens is 2. The molecule has 2 amide bonds. The molecule has 188 valence electrons. The van der Waals surface area contributed by atoms with Gasteiger partial charge in [0.25, 0.3) is 5.89 Å². The van der Waals surface area contributed by atoms with Gasteiger partial charge in [0.05, 0.1) is 23.9 Å². The number of benzene rings is 3. The fourth-order valence-electron chi connectivity index (χ4n) is 4.54. The van der Waals surface area contributed by atoms with Crippen LogP contribution in [0.3, 0.4) is 0 Å². The number of hydrogen-bond donors (Lipinski definition) is 1. The predicted octanol–water partition coefficient (Wildman–Crippen LogP) is 6.71. The Labute approximate surface area is 216 Å². The van der Waals surface area contributed by atoms with Gasteiger partial charge < -0.3 is 14.6 Å². The van der Waals surface area contributed by atoms with Gasteiger partial charge in [0.1, 0.15) is 5.75 Å². The second-order valence-corrected chi connectivity index (χ2v) is 9.03. The third-order valence-electron chi connectivity index (χ3n) is 6.58. The molecule has 0 bridgehead atoms. The summed E-state index contributed by atoms with van der Waals surface area (Å²) in [5.41, 5.74) is 6.38. The molecular formula is C30H30N4O3. The number of ether oxygens (including phenoxy) is 1. The van der Waals surface area contributed by atoms with Crippen molar-refractivity contribution in [1.29, 1.82) is 0 Å². The summed E-state index contributed by atoms with van der Waals surface area (Å²) < 4.78 is 11.4. The molecule has 0 fully saturated rings. The molecule has 0 radical (unpaired) electrons. The minimum atomic E-state index is -0.442. The Balaban J connectivity index is 1.60. The van der Waals surface area contributed by atoms with E-state index in [1.165, 1.54) is 5.56 Å². The van der Waals surface area contributed by atoms with Gasteiger partial charge in [-0.05, 0) is 62.6 Å². The average molecular weight is 495 g/mol. The van der Waals surface area contributed by atoms with E-state index in [4.69, 9.17) is 14.2 Å². The van der Waals surface area contributed by atoms with Crippen molar-refractivity contribution in [2.75, 3.05) is 11.5 Å². The molecule has 0 spiro atoms. The van der Waals surface area contributed by atoms with Crippen molar-refractivity contribution in [2.45, 2.75) is 40.2 Å². The Morgan fingerprint density at radius 2 is 1.65 bits per heavy atom. The standard InChI is InChI=1S/C30H30N4O3/c1-5-21-9-13-23(14-10-21)28-32-29(37-33-28)26-20(4)34(24-15-17-25(18-16-24)36-6-2)30(35)31-27(26)22-11-7-19(3)8-12-22/h7-18,27H,5-6H2,1-4H3,(H,31,35).